The highest BCUT2D eigenvalue weighted by Crippen LogP contribution is 2.38. The summed E-state index contributed by atoms with van der Waals surface area (Å²) >= 11 is 0. The van der Waals surface area contributed by atoms with E-state index < -0.39 is 0 Å². The Kier molecular flexibility index (Phi) is 4.79. The Morgan fingerprint density at radius 3 is 3.00 bits per heavy atom. The summed E-state index contributed by atoms with van der Waals surface area (Å²) in [5.74, 6) is 0.349. The van der Waals surface area contributed by atoms with Gasteiger partial charge in [0.15, 0.2) is 5.75 Å². The van der Waals surface area contributed by atoms with E-state index in [4.69, 9.17) is 4.74 Å². The van der Waals surface area contributed by atoms with Crippen LogP contribution in [0.5, 0.6) is 5.75 Å². The van der Waals surface area contributed by atoms with Crippen LogP contribution in [0.15, 0.2) is 18.2 Å². The van der Waals surface area contributed by atoms with Gasteiger partial charge in [0.25, 0.3) is 0 Å². The second kappa shape index (κ2) is 6.56. The van der Waals surface area contributed by atoms with Crippen LogP contribution in [0.3, 0.4) is 0 Å². The van der Waals surface area contributed by atoms with E-state index in [9.17, 15) is 10.1 Å². The van der Waals surface area contributed by atoms with Gasteiger partial charge in [-0.15, -0.1) is 0 Å². The molecule has 1 N–H and O–H groups in total. The van der Waals surface area contributed by atoms with Gasteiger partial charge < -0.3 is 15.0 Å². The van der Waals surface area contributed by atoms with Crippen LogP contribution < -0.4 is 15.0 Å². The molecule has 1 aliphatic rings. The standard InChI is InChI=1S/C14H21N3O3/c1-3-20-13-8-4-7-12(14(13)17(18)19)16-9-5-6-11(10-16)15-2/h4,7-8,11,15H,3,5-6,9-10H2,1-2H3. The van der Waals surface area contributed by atoms with Crippen LogP contribution >= 0.6 is 0 Å². The van der Waals surface area contributed by atoms with E-state index in [1.165, 1.54) is 0 Å². The Balaban J connectivity index is 2.34. The zero-order valence-electron chi connectivity index (χ0n) is 12.0. The summed E-state index contributed by atoms with van der Waals surface area (Å²) in [5, 5.41) is 14.6. The van der Waals surface area contributed by atoms with Gasteiger partial charge in [-0.25, -0.2) is 0 Å². The van der Waals surface area contributed by atoms with Crippen molar-refractivity contribution in [2.75, 3.05) is 31.6 Å². The molecule has 20 heavy (non-hydrogen) atoms. The molecule has 1 aliphatic heterocycles. The largest absolute Gasteiger partial charge is 0.487 e. The Hall–Kier alpha value is -1.82. The lowest BCUT2D eigenvalue weighted by Crippen LogP contribution is -2.44. The van der Waals surface area contributed by atoms with Crippen LogP contribution in [0.25, 0.3) is 0 Å². The van der Waals surface area contributed by atoms with Gasteiger partial charge >= 0.3 is 5.69 Å². The smallest absolute Gasteiger partial charge is 0.333 e. The zero-order valence-corrected chi connectivity index (χ0v) is 12.0. The number of benzene rings is 1. The average molecular weight is 279 g/mol. The van der Waals surface area contributed by atoms with E-state index in [-0.39, 0.29) is 10.6 Å². The molecule has 1 fully saturated rings. The minimum Gasteiger partial charge on any atom is -0.487 e. The summed E-state index contributed by atoms with van der Waals surface area (Å²) in [6.07, 6.45) is 2.13. The molecular weight excluding hydrogens is 258 g/mol. The van der Waals surface area contributed by atoms with Crippen LogP contribution in [-0.4, -0.2) is 37.7 Å². The molecule has 0 aromatic heterocycles. The molecule has 110 valence electrons. The van der Waals surface area contributed by atoms with E-state index in [1.54, 1.807) is 12.1 Å². The summed E-state index contributed by atoms with van der Waals surface area (Å²) in [4.78, 5) is 13.1. The van der Waals surface area contributed by atoms with Crippen molar-refractivity contribution in [1.29, 1.82) is 0 Å². The van der Waals surface area contributed by atoms with E-state index in [1.807, 2.05) is 20.0 Å². The SMILES string of the molecule is CCOc1cccc(N2CCCC(NC)C2)c1[N+](=O)[O-]. The lowest BCUT2D eigenvalue weighted by molar-refractivity contribution is -0.385. The molecule has 6 nitrogen and oxygen atoms in total. The Bertz CT molecular complexity index is 479. The summed E-state index contributed by atoms with van der Waals surface area (Å²) in [6.45, 7) is 3.87. The molecule has 1 unspecified atom stereocenters. The number of nitrogens with one attached hydrogen (secondary N) is 1. The van der Waals surface area contributed by atoms with Crippen molar-refractivity contribution in [1.82, 2.24) is 5.32 Å². The Morgan fingerprint density at radius 1 is 1.55 bits per heavy atom. The molecule has 0 amide bonds. The van der Waals surface area contributed by atoms with Gasteiger partial charge in [0, 0.05) is 19.1 Å². The molecule has 2 rings (SSSR count). The fraction of sp³-hybridized carbons (Fsp3) is 0.571. The van der Waals surface area contributed by atoms with Crippen molar-refractivity contribution in [3.8, 4) is 5.75 Å². The number of nitro groups is 1. The predicted molar refractivity (Wildman–Crippen MR) is 78.6 cm³/mol. The van der Waals surface area contributed by atoms with Crippen molar-refractivity contribution in [3.05, 3.63) is 28.3 Å². The maximum absolute atomic E-state index is 11.4. The van der Waals surface area contributed by atoms with Crippen LogP contribution in [-0.2, 0) is 0 Å². The number of nitrogens with zero attached hydrogens (tertiary/aromatic N) is 2. The maximum atomic E-state index is 11.4. The molecule has 1 aromatic rings. The zero-order chi connectivity index (χ0) is 14.5. The van der Waals surface area contributed by atoms with Gasteiger partial charge in [-0.1, -0.05) is 6.07 Å². The highest BCUT2D eigenvalue weighted by Gasteiger charge is 2.28. The lowest BCUT2D eigenvalue weighted by Gasteiger charge is -2.34. The molecule has 1 saturated heterocycles. The highest BCUT2D eigenvalue weighted by molar-refractivity contribution is 5.70. The first-order chi connectivity index (χ1) is 9.67. The number of hydrogen-bond acceptors (Lipinski definition) is 5. The Morgan fingerprint density at radius 2 is 2.35 bits per heavy atom. The van der Waals surface area contributed by atoms with E-state index in [0.29, 0.717) is 24.1 Å². The molecule has 1 heterocycles. The lowest BCUT2D eigenvalue weighted by atomic mass is 10.0. The van der Waals surface area contributed by atoms with Gasteiger partial charge in [0.2, 0.25) is 0 Å². The first-order valence-corrected chi connectivity index (χ1v) is 6.99. The maximum Gasteiger partial charge on any atom is 0.333 e. The number of piperidine rings is 1. The third kappa shape index (κ3) is 3.01. The van der Waals surface area contributed by atoms with E-state index in [2.05, 4.69) is 10.2 Å². The highest BCUT2D eigenvalue weighted by atomic mass is 16.6. The van der Waals surface area contributed by atoms with Crippen molar-refractivity contribution in [2.45, 2.75) is 25.8 Å². The van der Waals surface area contributed by atoms with Crippen LogP contribution in [0.4, 0.5) is 11.4 Å². The molecule has 0 radical (unpaired) electrons. The fourth-order valence-corrected chi connectivity index (χ4v) is 2.65. The normalized spacial score (nSPS) is 18.9. The van der Waals surface area contributed by atoms with Crippen LogP contribution in [0.2, 0.25) is 0 Å². The van der Waals surface area contributed by atoms with Crippen molar-refractivity contribution < 1.29 is 9.66 Å². The topological polar surface area (TPSA) is 67.6 Å². The summed E-state index contributed by atoms with van der Waals surface area (Å²) in [7, 11) is 1.93. The second-order valence-electron chi connectivity index (χ2n) is 4.89. The molecule has 0 bridgehead atoms. The average Bonchev–Trinajstić information content (AvgIpc) is 2.47. The van der Waals surface area contributed by atoms with Gasteiger partial charge in [-0.2, -0.15) is 0 Å². The quantitative estimate of drug-likeness (QED) is 0.661. The molecule has 1 aromatic carbocycles. The minimum absolute atomic E-state index is 0.0751. The van der Waals surface area contributed by atoms with Gasteiger partial charge in [0.1, 0.15) is 5.69 Å². The molecular formula is C14H21N3O3. The van der Waals surface area contributed by atoms with Crippen LogP contribution in [0.1, 0.15) is 19.8 Å². The summed E-state index contributed by atoms with van der Waals surface area (Å²) in [6, 6.07) is 5.65. The van der Waals surface area contributed by atoms with Crippen LogP contribution in [0, 0.1) is 10.1 Å². The number of nitro benzene ring substituents is 1. The molecule has 0 spiro atoms. The van der Waals surface area contributed by atoms with Gasteiger partial charge in [-0.05, 0) is 38.9 Å². The monoisotopic (exact) mass is 279 g/mol. The number of ether oxygens (including phenoxy) is 1. The molecule has 1 atom stereocenters. The van der Waals surface area contributed by atoms with Gasteiger partial charge in [-0.3, -0.25) is 10.1 Å². The van der Waals surface area contributed by atoms with E-state index >= 15 is 0 Å². The third-order valence-corrected chi connectivity index (χ3v) is 3.63. The van der Waals surface area contributed by atoms with Crippen molar-refractivity contribution >= 4 is 11.4 Å². The number of hydrogen-bond donors (Lipinski definition) is 1. The minimum atomic E-state index is -0.344. The number of anilines is 1. The number of rotatable bonds is 5. The first-order valence-electron chi connectivity index (χ1n) is 6.99. The summed E-state index contributed by atoms with van der Waals surface area (Å²) < 4.78 is 5.40. The van der Waals surface area contributed by atoms with Crippen molar-refractivity contribution in [3.63, 3.8) is 0 Å². The molecule has 6 heteroatoms. The number of likely N-dealkylation sites (N-methyl/N-ethyl adjacent to an activating group) is 1. The number of para-hydroxylation sites is 1. The molecule has 0 aliphatic carbocycles. The summed E-state index contributed by atoms with van der Waals surface area (Å²) in [5.41, 5.74) is 0.729. The molecule has 0 saturated carbocycles. The predicted octanol–water partition coefficient (Wildman–Crippen LogP) is 2.18. The third-order valence-electron chi connectivity index (χ3n) is 3.63. The van der Waals surface area contributed by atoms with E-state index in [0.717, 1.165) is 25.9 Å². The second-order valence-corrected chi connectivity index (χ2v) is 4.89. The first kappa shape index (κ1) is 14.6. The Labute approximate surface area is 118 Å². The fourth-order valence-electron chi connectivity index (χ4n) is 2.65. The van der Waals surface area contributed by atoms with Crippen molar-refractivity contribution in [2.24, 2.45) is 0 Å². The van der Waals surface area contributed by atoms with Gasteiger partial charge in [0.05, 0.1) is 11.5 Å².